The molecule has 33 heavy (non-hydrogen) atoms. The van der Waals surface area contributed by atoms with Crippen molar-refractivity contribution in [3.05, 3.63) is 91.0 Å². The van der Waals surface area contributed by atoms with E-state index in [9.17, 15) is 21.6 Å². The molecule has 0 fully saturated rings. The van der Waals surface area contributed by atoms with E-state index in [1.54, 1.807) is 10.6 Å². The molecule has 0 radical (unpaired) electrons. The summed E-state index contributed by atoms with van der Waals surface area (Å²) in [7, 11) is -5.86. The zero-order chi connectivity index (χ0) is 23.2. The molecule has 1 aromatic heterocycles. The average molecular weight is 468 g/mol. The van der Waals surface area contributed by atoms with Gasteiger partial charge in [0.25, 0.3) is 0 Å². The molecule has 4 aromatic carbocycles. The minimum absolute atomic E-state index is 0.106. The second kappa shape index (κ2) is 7.63. The van der Waals surface area contributed by atoms with Gasteiger partial charge in [-0.05, 0) is 35.7 Å². The van der Waals surface area contributed by atoms with E-state index in [-0.39, 0.29) is 11.4 Å². The summed E-state index contributed by atoms with van der Waals surface area (Å²) >= 11 is 0. The van der Waals surface area contributed by atoms with Crippen molar-refractivity contribution in [2.45, 2.75) is 5.51 Å². The SMILES string of the molecule is O=S(=O)(Oc1ccccc1-c1nc2c3ccccc3ccc2n1-c1ccccc1)C(F)(F)F. The molecule has 0 aliphatic rings. The maximum atomic E-state index is 13.0. The molecule has 5 nitrogen and oxygen atoms in total. The van der Waals surface area contributed by atoms with Crippen molar-refractivity contribution in [1.82, 2.24) is 9.55 Å². The van der Waals surface area contributed by atoms with Gasteiger partial charge in [-0.15, -0.1) is 0 Å². The number of para-hydroxylation sites is 2. The Kier molecular flexibility index (Phi) is 4.86. The van der Waals surface area contributed by atoms with Crippen LogP contribution in [0.25, 0.3) is 38.9 Å². The first-order valence-electron chi connectivity index (χ1n) is 9.82. The van der Waals surface area contributed by atoms with Crippen molar-refractivity contribution in [1.29, 1.82) is 0 Å². The molecule has 0 unspecified atom stereocenters. The summed E-state index contributed by atoms with van der Waals surface area (Å²) in [6.07, 6.45) is 0. The number of halogens is 3. The van der Waals surface area contributed by atoms with Gasteiger partial charge >= 0.3 is 15.6 Å². The highest BCUT2D eigenvalue weighted by Crippen LogP contribution is 2.38. The van der Waals surface area contributed by atoms with Crippen LogP contribution in [0, 0.1) is 0 Å². The predicted molar refractivity (Wildman–Crippen MR) is 120 cm³/mol. The first-order valence-corrected chi connectivity index (χ1v) is 11.2. The summed E-state index contributed by atoms with van der Waals surface area (Å²) in [5.41, 5.74) is -3.41. The number of nitrogens with zero attached hydrogens (tertiary/aromatic N) is 2. The van der Waals surface area contributed by atoms with Crippen molar-refractivity contribution >= 4 is 31.9 Å². The predicted octanol–water partition coefficient (Wildman–Crippen LogP) is 6.07. The van der Waals surface area contributed by atoms with Crippen molar-refractivity contribution in [3.8, 4) is 22.8 Å². The maximum Gasteiger partial charge on any atom is 0.534 e. The Hall–Kier alpha value is -3.85. The third kappa shape index (κ3) is 3.60. The van der Waals surface area contributed by atoms with Gasteiger partial charge in [0.05, 0.1) is 16.6 Å². The molecule has 1 heterocycles. The lowest BCUT2D eigenvalue weighted by atomic mass is 10.1. The summed E-state index contributed by atoms with van der Waals surface area (Å²) in [5.74, 6) is -0.216. The molecule has 0 aliphatic heterocycles. The van der Waals surface area contributed by atoms with Gasteiger partial charge < -0.3 is 4.18 Å². The van der Waals surface area contributed by atoms with Crippen LogP contribution in [-0.2, 0) is 10.1 Å². The largest absolute Gasteiger partial charge is 0.534 e. The van der Waals surface area contributed by atoms with Gasteiger partial charge in [0, 0.05) is 11.1 Å². The van der Waals surface area contributed by atoms with Gasteiger partial charge in [-0.2, -0.15) is 21.6 Å². The van der Waals surface area contributed by atoms with Gasteiger partial charge in [-0.3, -0.25) is 4.57 Å². The number of benzene rings is 4. The Labute approximate surface area is 186 Å². The number of imidazole rings is 1. The number of alkyl halides is 3. The lowest BCUT2D eigenvalue weighted by Crippen LogP contribution is -2.28. The van der Waals surface area contributed by atoms with Gasteiger partial charge in [0.15, 0.2) is 5.75 Å². The highest BCUT2D eigenvalue weighted by atomic mass is 32.2. The molecule has 9 heteroatoms. The molecule has 0 spiro atoms. The van der Waals surface area contributed by atoms with Crippen LogP contribution in [0.3, 0.4) is 0 Å². The topological polar surface area (TPSA) is 61.2 Å². The van der Waals surface area contributed by atoms with Gasteiger partial charge in [-0.25, -0.2) is 4.98 Å². The summed E-state index contributed by atoms with van der Waals surface area (Å²) in [4.78, 5) is 4.75. The molecule has 0 saturated carbocycles. The standard InChI is InChI=1S/C24H15F3N2O3S/c25-24(26,27)33(30,31)32-21-13-7-6-12-19(21)23-28-22-18-11-5-4-8-16(18)14-15-20(22)29(23)17-9-2-1-3-10-17/h1-15H. The Morgan fingerprint density at radius 1 is 0.788 bits per heavy atom. The van der Waals surface area contributed by atoms with E-state index < -0.39 is 21.4 Å². The molecule has 166 valence electrons. The molecule has 0 saturated heterocycles. The second-order valence-electron chi connectivity index (χ2n) is 7.24. The molecule has 0 amide bonds. The van der Waals surface area contributed by atoms with E-state index >= 15 is 0 Å². The van der Waals surface area contributed by atoms with Crippen LogP contribution < -0.4 is 4.18 Å². The third-order valence-electron chi connectivity index (χ3n) is 5.18. The number of hydrogen-bond acceptors (Lipinski definition) is 4. The minimum Gasteiger partial charge on any atom is -0.375 e. The Morgan fingerprint density at radius 3 is 2.21 bits per heavy atom. The van der Waals surface area contributed by atoms with Gasteiger partial charge in [-0.1, -0.05) is 60.7 Å². The fourth-order valence-corrected chi connectivity index (χ4v) is 4.20. The molecule has 0 N–H and O–H groups in total. The van der Waals surface area contributed by atoms with E-state index in [0.717, 1.165) is 10.8 Å². The van der Waals surface area contributed by atoms with Crippen LogP contribution >= 0.6 is 0 Å². The highest BCUT2D eigenvalue weighted by molar-refractivity contribution is 7.88. The van der Waals surface area contributed by atoms with Gasteiger partial charge in [0.1, 0.15) is 5.82 Å². The number of rotatable bonds is 4. The Morgan fingerprint density at radius 2 is 1.45 bits per heavy atom. The minimum atomic E-state index is -5.86. The molecule has 0 bridgehead atoms. The molecule has 5 aromatic rings. The summed E-state index contributed by atoms with van der Waals surface area (Å²) in [6.45, 7) is 0. The third-order valence-corrected chi connectivity index (χ3v) is 6.14. The number of aromatic nitrogens is 2. The molecule has 0 aliphatic carbocycles. The quantitative estimate of drug-likeness (QED) is 0.237. The van der Waals surface area contributed by atoms with Crippen LogP contribution in [0.5, 0.6) is 5.75 Å². The maximum absolute atomic E-state index is 13.0. The molecule has 0 atom stereocenters. The van der Waals surface area contributed by atoms with Crippen LogP contribution in [-0.4, -0.2) is 23.5 Å². The average Bonchev–Trinajstić information content (AvgIpc) is 3.19. The fourth-order valence-electron chi connectivity index (χ4n) is 3.72. The van der Waals surface area contributed by atoms with Crippen molar-refractivity contribution in [2.24, 2.45) is 0 Å². The fraction of sp³-hybridized carbons (Fsp3) is 0.0417. The first-order chi connectivity index (χ1) is 15.8. The summed E-state index contributed by atoms with van der Waals surface area (Å²) < 4.78 is 68.8. The lowest BCUT2D eigenvalue weighted by Gasteiger charge is -2.14. The second-order valence-corrected chi connectivity index (χ2v) is 8.78. The lowest BCUT2D eigenvalue weighted by molar-refractivity contribution is -0.0499. The van der Waals surface area contributed by atoms with Crippen LogP contribution in [0.2, 0.25) is 0 Å². The zero-order valence-electron chi connectivity index (χ0n) is 16.8. The first kappa shape index (κ1) is 21.0. The monoisotopic (exact) mass is 468 g/mol. The van der Waals surface area contributed by atoms with Crippen LogP contribution in [0.1, 0.15) is 0 Å². The van der Waals surface area contributed by atoms with Crippen molar-refractivity contribution < 1.29 is 25.8 Å². The van der Waals surface area contributed by atoms with Crippen LogP contribution in [0.4, 0.5) is 13.2 Å². The normalized spacial score (nSPS) is 12.3. The molecule has 5 rings (SSSR count). The smallest absolute Gasteiger partial charge is 0.375 e. The van der Waals surface area contributed by atoms with E-state index in [2.05, 4.69) is 4.18 Å². The van der Waals surface area contributed by atoms with E-state index in [0.29, 0.717) is 16.7 Å². The molecular formula is C24H15F3N2O3S. The van der Waals surface area contributed by atoms with E-state index in [4.69, 9.17) is 4.98 Å². The number of hydrogen-bond donors (Lipinski definition) is 0. The Balaban J connectivity index is 1.82. The zero-order valence-corrected chi connectivity index (χ0v) is 17.6. The van der Waals surface area contributed by atoms with Crippen molar-refractivity contribution in [2.75, 3.05) is 0 Å². The van der Waals surface area contributed by atoms with E-state index in [1.165, 1.54) is 18.2 Å². The van der Waals surface area contributed by atoms with Crippen LogP contribution in [0.15, 0.2) is 91.0 Å². The van der Waals surface area contributed by atoms with Gasteiger partial charge in [0.2, 0.25) is 0 Å². The van der Waals surface area contributed by atoms with E-state index in [1.807, 2.05) is 66.7 Å². The summed E-state index contributed by atoms with van der Waals surface area (Å²) in [5, 5.41) is 1.80. The number of fused-ring (bicyclic) bond motifs is 3. The summed E-state index contributed by atoms with van der Waals surface area (Å²) in [6, 6.07) is 26.2. The Bertz CT molecular complexity index is 1590. The molecular weight excluding hydrogens is 453 g/mol. The van der Waals surface area contributed by atoms with Crippen molar-refractivity contribution in [3.63, 3.8) is 0 Å². The highest BCUT2D eigenvalue weighted by Gasteiger charge is 2.49.